The van der Waals surface area contributed by atoms with Crippen LogP contribution < -0.4 is 5.32 Å². The standard InChI is InChI=1S/C18H20F2N4O/c1-11-10-14(21-3)23-17(22-11)18(2)8-5-9-24(18)16(25)12-6-4-7-13(19)15(12)20/h4,6-7,10H,5,8-9H2,1-3H3,(H,21,22,23)/t18-/m0/s1. The Labute approximate surface area is 145 Å². The Hall–Kier alpha value is -2.57. The zero-order chi connectivity index (χ0) is 18.2. The molecule has 1 aromatic heterocycles. The van der Waals surface area contributed by atoms with Crippen LogP contribution in [0.15, 0.2) is 24.3 Å². The molecule has 0 saturated carbocycles. The van der Waals surface area contributed by atoms with Crippen molar-refractivity contribution in [3.8, 4) is 0 Å². The minimum Gasteiger partial charge on any atom is -0.373 e. The molecular formula is C18H20F2N4O. The van der Waals surface area contributed by atoms with Gasteiger partial charge in [-0.1, -0.05) is 6.07 Å². The van der Waals surface area contributed by atoms with Gasteiger partial charge in [-0.2, -0.15) is 0 Å². The Morgan fingerprint density at radius 2 is 2.08 bits per heavy atom. The van der Waals surface area contributed by atoms with Crippen LogP contribution in [0, 0.1) is 18.6 Å². The van der Waals surface area contributed by atoms with Gasteiger partial charge in [-0.3, -0.25) is 4.79 Å². The molecule has 1 fully saturated rings. The molecule has 3 rings (SSSR count). The van der Waals surface area contributed by atoms with Gasteiger partial charge in [0.1, 0.15) is 11.4 Å². The number of carbonyl (C=O) groups excluding carboxylic acids is 1. The van der Waals surface area contributed by atoms with Crippen LogP contribution in [0.4, 0.5) is 14.6 Å². The molecule has 0 bridgehead atoms. The zero-order valence-electron chi connectivity index (χ0n) is 14.4. The van der Waals surface area contributed by atoms with E-state index in [-0.39, 0.29) is 5.56 Å². The first-order valence-corrected chi connectivity index (χ1v) is 8.16. The summed E-state index contributed by atoms with van der Waals surface area (Å²) in [6.07, 6.45) is 1.40. The monoisotopic (exact) mass is 346 g/mol. The number of aryl methyl sites for hydroxylation is 1. The minimum absolute atomic E-state index is 0.269. The molecule has 1 atom stereocenters. The Morgan fingerprint density at radius 1 is 1.32 bits per heavy atom. The highest BCUT2D eigenvalue weighted by atomic mass is 19.2. The number of halogens is 2. The van der Waals surface area contributed by atoms with E-state index in [1.807, 2.05) is 13.8 Å². The molecule has 1 aliphatic heterocycles. The Morgan fingerprint density at radius 3 is 2.80 bits per heavy atom. The first-order chi connectivity index (χ1) is 11.9. The van der Waals surface area contributed by atoms with Gasteiger partial charge in [0.05, 0.1) is 5.56 Å². The SMILES string of the molecule is CNc1cc(C)nc([C@]2(C)CCCN2C(=O)c2cccc(F)c2F)n1. The van der Waals surface area contributed by atoms with Crippen LogP contribution in [0.3, 0.4) is 0 Å². The number of hydrogen-bond acceptors (Lipinski definition) is 4. The van der Waals surface area contributed by atoms with Crippen molar-refractivity contribution in [3.63, 3.8) is 0 Å². The third-order valence-corrected chi connectivity index (χ3v) is 4.66. The highest BCUT2D eigenvalue weighted by Gasteiger charge is 2.44. The first kappa shape index (κ1) is 17.3. The minimum atomic E-state index is -1.12. The summed E-state index contributed by atoms with van der Waals surface area (Å²) < 4.78 is 27.6. The lowest BCUT2D eigenvalue weighted by Crippen LogP contribution is -2.44. The van der Waals surface area contributed by atoms with Gasteiger partial charge >= 0.3 is 0 Å². The van der Waals surface area contributed by atoms with E-state index in [2.05, 4.69) is 15.3 Å². The normalized spacial score (nSPS) is 20.0. The largest absolute Gasteiger partial charge is 0.373 e. The molecule has 1 saturated heterocycles. The van der Waals surface area contributed by atoms with E-state index in [1.165, 1.54) is 12.1 Å². The molecule has 1 aromatic carbocycles. The fourth-order valence-electron chi connectivity index (χ4n) is 3.27. The summed E-state index contributed by atoms with van der Waals surface area (Å²) in [7, 11) is 1.76. The van der Waals surface area contributed by atoms with Crippen molar-refractivity contribution in [3.05, 3.63) is 53.0 Å². The summed E-state index contributed by atoms with van der Waals surface area (Å²) >= 11 is 0. The lowest BCUT2D eigenvalue weighted by molar-refractivity contribution is 0.0598. The summed E-state index contributed by atoms with van der Waals surface area (Å²) in [6, 6.07) is 5.44. The third kappa shape index (κ3) is 2.94. The van der Waals surface area contributed by atoms with Crippen molar-refractivity contribution in [1.29, 1.82) is 0 Å². The summed E-state index contributed by atoms with van der Waals surface area (Å²) in [5.41, 5.74) is -0.269. The predicted molar refractivity (Wildman–Crippen MR) is 90.3 cm³/mol. The fourth-order valence-corrected chi connectivity index (χ4v) is 3.27. The van der Waals surface area contributed by atoms with Gasteiger partial charge in [0.25, 0.3) is 5.91 Å². The molecule has 1 amide bonds. The number of nitrogens with one attached hydrogen (secondary N) is 1. The molecule has 2 aromatic rings. The third-order valence-electron chi connectivity index (χ3n) is 4.66. The molecule has 1 aliphatic rings. The summed E-state index contributed by atoms with van der Waals surface area (Å²) in [6.45, 7) is 4.16. The van der Waals surface area contributed by atoms with Crippen molar-refractivity contribution in [2.75, 3.05) is 18.9 Å². The highest BCUT2D eigenvalue weighted by Crippen LogP contribution is 2.38. The smallest absolute Gasteiger partial charge is 0.257 e. The number of rotatable bonds is 3. The van der Waals surface area contributed by atoms with E-state index in [9.17, 15) is 13.6 Å². The second kappa shape index (κ2) is 6.38. The Balaban J connectivity index is 2.03. The fraction of sp³-hybridized carbons (Fsp3) is 0.389. The van der Waals surface area contributed by atoms with E-state index in [0.717, 1.165) is 18.2 Å². The lowest BCUT2D eigenvalue weighted by atomic mass is 9.96. The van der Waals surface area contributed by atoms with Gasteiger partial charge in [0.15, 0.2) is 17.5 Å². The molecule has 5 nitrogen and oxygen atoms in total. The van der Waals surface area contributed by atoms with Crippen LogP contribution >= 0.6 is 0 Å². The van der Waals surface area contributed by atoms with Crippen molar-refractivity contribution in [2.24, 2.45) is 0 Å². The van der Waals surface area contributed by atoms with Gasteiger partial charge < -0.3 is 10.2 Å². The maximum Gasteiger partial charge on any atom is 0.257 e. The maximum atomic E-state index is 14.1. The summed E-state index contributed by atoms with van der Waals surface area (Å²) in [4.78, 5) is 23.4. The van der Waals surface area contributed by atoms with E-state index in [1.54, 1.807) is 18.0 Å². The number of anilines is 1. The van der Waals surface area contributed by atoms with Gasteiger partial charge in [0.2, 0.25) is 0 Å². The predicted octanol–water partition coefficient (Wildman–Crippen LogP) is 3.26. The number of aromatic nitrogens is 2. The van der Waals surface area contributed by atoms with Crippen LogP contribution in [-0.2, 0) is 5.54 Å². The Bertz CT molecular complexity index is 827. The first-order valence-electron chi connectivity index (χ1n) is 8.16. The summed E-state index contributed by atoms with van der Waals surface area (Å²) in [5.74, 6) is -1.55. The molecule has 1 N–H and O–H groups in total. The van der Waals surface area contributed by atoms with Crippen LogP contribution in [-0.4, -0.2) is 34.4 Å². The molecule has 0 radical (unpaired) electrons. The number of likely N-dealkylation sites (tertiary alicyclic amines) is 1. The second-order valence-electron chi connectivity index (χ2n) is 6.40. The molecule has 7 heteroatoms. The molecule has 25 heavy (non-hydrogen) atoms. The average Bonchev–Trinajstić information content (AvgIpc) is 2.99. The van der Waals surface area contributed by atoms with Gasteiger partial charge in [-0.05, 0) is 38.8 Å². The van der Waals surface area contributed by atoms with Crippen molar-refractivity contribution in [1.82, 2.24) is 14.9 Å². The van der Waals surface area contributed by atoms with E-state index in [0.29, 0.717) is 24.6 Å². The van der Waals surface area contributed by atoms with Crippen molar-refractivity contribution >= 4 is 11.7 Å². The van der Waals surface area contributed by atoms with Crippen molar-refractivity contribution < 1.29 is 13.6 Å². The Kier molecular flexibility index (Phi) is 4.41. The maximum absolute atomic E-state index is 14.1. The van der Waals surface area contributed by atoms with Crippen LogP contribution in [0.1, 0.15) is 41.6 Å². The average molecular weight is 346 g/mol. The topological polar surface area (TPSA) is 58.1 Å². The van der Waals surface area contributed by atoms with E-state index in [4.69, 9.17) is 0 Å². The zero-order valence-corrected chi connectivity index (χ0v) is 14.4. The number of hydrogen-bond donors (Lipinski definition) is 1. The highest BCUT2D eigenvalue weighted by molar-refractivity contribution is 5.95. The number of benzene rings is 1. The second-order valence-corrected chi connectivity index (χ2v) is 6.40. The van der Waals surface area contributed by atoms with Crippen molar-refractivity contribution in [2.45, 2.75) is 32.2 Å². The van der Waals surface area contributed by atoms with Gasteiger partial charge in [0, 0.05) is 25.4 Å². The van der Waals surface area contributed by atoms with E-state index >= 15 is 0 Å². The van der Waals surface area contributed by atoms with Gasteiger partial charge in [-0.25, -0.2) is 18.7 Å². The molecular weight excluding hydrogens is 326 g/mol. The van der Waals surface area contributed by atoms with Crippen LogP contribution in [0.25, 0.3) is 0 Å². The molecule has 0 aliphatic carbocycles. The van der Waals surface area contributed by atoms with Gasteiger partial charge in [-0.15, -0.1) is 0 Å². The quantitative estimate of drug-likeness (QED) is 0.927. The van der Waals surface area contributed by atoms with E-state index < -0.39 is 23.1 Å². The number of carbonyl (C=O) groups is 1. The number of nitrogens with zero attached hydrogens (tertiary/aromatic N) is 3. The van der Waals surface area contributed by atoms with Crippen LogP contribution in [0.2, 0.25) is 0 Å². The lowest BCUT2D eigenvalue weighted by Gasteiger charge is -2.34. The molecule has 132 valence electrons. The summed E-state index contributed by atoms with van der Waals surface area (Å²) in [5, 5.41) is 2.98. The molecule has 0 unspecified atom stereocenters. The van der Waals surface area contributed by atoms with Crippen LogP contribution in [0.5, 0.6) is 0 Å². The molecule has 0 spiro atoms. The molecule has 2 heterocycles. The number of amides is 1.